The zero-order valence-electron chi connectivity index (χ0n) is 10.6. The summed E-state index contributed by atoms with van der Waals surface area (Å²) in [5, 5.41) is 0.555. The largest absolute Gasteiger partial charge is 0.298 e. The Kier molecular flexibility index (Phi) is 3.55. The van der Waals surface area contributed by atoms with E-state index in [2.05, 4.69) is 4.90 Å². The van der Waals surface area contributed by atoms with Crippen LogP contribution in [0.5, 0.6) is 0 Å². The Hall–Kier alpha value is -0.620. The third kappa shape index (κ3) is 2.52. The van der Waals surface area contributed by atoms with Crippen molar-refractivity contribution in [3.63, 3.8) is 0 Å². The summed E-state index contributed by atoms with van der Waals surface area (Å²) >= 11 is 5.81. The lowest BCUT2D eigenvalue weighted by atomic mass is 10.2. The molecule has 2 aliphatic heterocycles. The predicted octanol–water partition coefficient (Wildman–Crippen LogP) is 1.81. The molecule has 2 heterocycles. The summed E-state index contributed by atoms with van der Waals surface area (Å²) < 4.78 is 26.7. The molecule has 104 valence electrons. The Morgan fingerprint density at radius 1 is 1.11 bits per heavy atom. The number of fused-ring (bicyclic) bond motifs is 1. The second-order valence-electron chi connectivity index (χ2n) is 5.15. The normalized spacial score (nSPS) is 25.4. The molecule has 1 aromatic carbocycles. The van der Waals surface area contributed by atoms with E-state index in [0.29, 0.717) is 29.0 Å². The highest BCUT2D eigenvalue weighted by atomic mass is 35.5. The second-order valence-corrected chi connectivity index (χ2v) is 7.52. The van der Waals surface area contributed by atoms with Gasteiger partial charge in [-0.2, -0.15) is 4.31 Å². The average molecular weight is 301 g/mol. The minimum Gasteiger partial charge on any atom is -0.298 e. The van der Waals surface area contributed by atoms with Gasteiger partial charge < -0.3 is 0 Å². The Labute approximate surface area is 119 Å². The van der Waals surface area contributed by atoms with Gasteiger partial charge in [0.25, 0.3) is 0 Å². The fourth-order valence-corrected chi connectivity index (χ4v) is 4.53. The molecule has 0 unspecified atom stereocenters. The molecule has 6 heteroatoms. The molecular weight excluding hydrogens is 284 g/mol. The van der Waals surface area contributed by atoms with Gasteiger partial charge in [-0.05, 0) is 43.7 Å². The van der Waals surface area contributed by atoms with Gasteiger partial charge in [-0.15, -0.1) is 0 Å². The van der Waals surface area contributed by atoms with Gasteiger partial charge in [-0.1, -0.05) is 11.6 Å². The van der Waals surface area contributed by atoms with Crippen molar-refractivity contribution in [1.29, 1.82) is 0 Å². The van der Waals surface area contributed by atoms with Crippen molar-refractivity contribution in [3.8, 4) is 0 Å². The maximum Gasteiger partial charge on any atom is 0.243 e. The summed E-state index contributed by atoms with van der Waals surface area (Å²) in [4.78, 5) is 2.73. The van der Waals surface area contributed by atoms with Crippen LogP contribution in [-0.4, -0.2) is 49.8 Å². The maximum atomic E-state index is 12.6. The molecule has 4 nitrogen and oxygen atoms in total. The molecular formula is C13H17ClN2O2S. The molecule has 1 atom stereocenters. The average Bonchev–Trinajstić information content (AvgIpc) is 2.86. The van der Waals surface area contributed by atoms with E-state index in [9.17, 15) is 8.42 Å². The van der Waals surface area contributed by atoms with Crippen LogP contribution in [0, 0.1) is 0 Å². The molecule has 2 fully saturated rings. The first-order chi connectivity index (χ1) is 9.07. The summed E-state index contributed by atoms with van der Waals surface area (Å²) in [6.07, 6.45) is 2.28. The summed E-state index contributed by atoms with van der Waals surface area (Å²) in [7, 11) is -3.37. The minimum absolute atomic E-state index is 0.336. The number of piperazine rings is 1. The second kappa shape index (κ2) is 5.05. The number of sulfonamides is 1. The highest BCUT2D eigenvalue weighted by Gasteiger charge is 2.36. The van der Waals surface area contributed by atoms with Crippen molar-refractivity contribution in [2.24, 2.45) is 0 Å². The SMILES string of the molecule is O=S(=O)(c1ccc(Cl)cc1)N1CCN2CCC[C@@H]2C1. The highest BCUT2D eigenvalue weighted by molar-refractivity contribution is 7.89. The lowest BCUT2D eigenvalue weighted by molar-refractivity contribution is 0.158. The number of nitrogens with zero attached hydrogens (tertiary/aromatic N) is 2. The van der Waals surface area contributed by atoms with Gasteiger partial charge in [0.2, 0.25) is 10.0 Å². The van der Waals surface area contributed by atoms with Crippen LogP contribution in [0.3, 0.4) is 0 Å². The van der Waals surface area contributed by atoms with Gasteiger partial charge in [0.05, 0.1) is 4.90 Å². The van der Waals surface area contributed by atoms with Crippen molar-refractivity contribution in [3.05, 3.63) is 29.3 Å². The topological polar surface area (TPSA) is 40.6 Å². The molecule has 0 amide bonds. The summed E-state index contributed by atoms with van der Waals surface area (Å²) in [6.45, 7) is 3.16. The molecule has 0 N–H and O–H groups in total. The fraction of sp³-hybridized carbons (Fsp3) is 0.538. The molecule has 0 aromatic heterocycles. The molecule has 19 heavy (non-hydrogen) atoms. The van der Waals surface area contributed by atoms with Crippen molar-refractivity contribution in [2.45, 2.75) is 23.8 Å². The van der Waals surface area contributed by atoms with Gasteiger partial charge in [0.1, 0.15) is 0 Å². The monoisotopic (exact) mass is 300 g/mol. The number of halogens is 1. The Bertz CT molecular complexity index is 559. The standard InChI is InChI=1S/C13H17ClN2O2S/c14-11-3-5-13(6-4-11)19(17,18)16-9-8-15-7-1-2-12(15)10-16/h3-6,12H,1-2,7-10H2/t12-/m1/s1. The molecule has 2 aliphatic rings. The van der Waals surface area contributed by atoms with Crippen LogP contribution < -0.4 is 0 Å². The number of hydrogen-bond acceptors (Lipinski definition) is 3. The lowest BCUT2D eigenvalue weighted by Gasteiger charge is -2.36. The van der Waals surface area contributed by atoms with E-state index in [4.69, 9.17) is 11.6 Å². The lowest BCUT2D eigenvalue weighted by Crippen LogP contribution is -2.51. The molecule has 0 spiro atoms. The van der Waals surface area contributed by atoms with E-state index in [1.165, 1.54) is 6.42 Å². The Balaban J connectivity index is 1.82. The Morgan fingerprint density at radius 2 is 1.84 bits per heavy atom. The van der Waals surface area contributed by atoms with Crippen molar-refractivity contribution in [1.82, 2.24) is 9.21 Å². The first-order valence-corrected chi connectivity index (χ1v) is 8.39. The van der Waals surface area contributed by atoms with Crippen LogP contribution >= 0.6 is 11.6 Å². The molecule has 0 aliphatic carbocycles. The van der Waals surface area contributed by atoms with Gasteiger partial charge in [0, 0.05) is 30.7 Å². The Morgan fingerprint density at radius 3 is 2.58 bits per heavy atom. The van der Waals surface area contributed by atoms with Crippen LogP contribution in [0.15, 0.2) is 29.2 Å². The number of hydrogen-bond donors (Lipinski definition) is 0. The van der Waals surface area contributed by atoms with Gasteiger partial charge >= 0.3 is 0 Å². The molecule has 3 rings (SSSR count). The summed E-state index contributed by atoms with van der Waals surface area (Å²) in [6, 6.07) is 6.81. The van der Waals surface area contributed by atoms with Crippen LogP contribution in [-0.2, 0) is 10.0 Å². The van der Waals surface area contributed by atoms with Crippen molar-refractivity contribution >= 4 is 21.6 Å². The van der Waals surface area contributed by atoms with Crippen LogP contribution in [0.1, 0.15) is 12.8 Å². The summed E-state index contributed by atoms with van der Waals surface area (Å²) in [5.41, 5.74) is 0. The molecule has 0 radical (unpaired) electrons. The highest BCUT2D eigenvalue weighted by Crippen LogP contribution is 2.26. The first kappa shape index (κ1) is 13.4. The third-order valence-electron chi connectivity index (χ3n) is 4.00. The molecule has 0 saturated carbocycles. The van der Waals surface area contributed by atoms with E-state index in [1.807, 2.05) is 0 Å². The maximum absolute atomic E-state index is 12.6. The molecule has 1 aromatic rings. The fourth-order valence-electron chi connectivity index (χ4n) is 2.94. The predicted molar refractivity (Wildman–Crippen MR) is 74.8 cm³/mol. The first-order valence-electron chi connectivity index (χ1n) is 6.57. The van der Waals surface area contributed by atoms with E-state index in [0.717, 1.165) is 19.5 Å². The van der Waals surface area contributed by atoms with Crippen molar-refractivity contribution in [2.75, 3.05) is 26.2 Å². The number of benzene rings is 1. The zero-order valence-corrected chi connectivity index (χ0v) is 12.2. The van der Waals surface area contributed by atoms with E-state index in [1.54, 1.807) is 28.6 Å². The van der Waals surface area contributed by atoms with Crippen molar-refractivity contribution < 1.29 is 8.42 Å². The van der Waals surface area contributed by atoms with Gasteiger partial charge in [0.15, 0.2) is 0 Å². The van der Waals surface area contributed by atoms with Gasteiger partial charge in [-0.3, -0.25) is 4.90 Å². The van der Waals surface area contributed by atoms with Crippen LogP contribution in [0.25, 0.3) is 0 Å². The van der Waals surface area contributed by atoms with Crippen LogP contribution in [0.4, 0.5) is 0 Å². The van der Waals surface area contributed by atoms with Crippen LogP contribution in [0.2, 0.25) is 5.02 Å². The smallest absolute Gasteiger partial charge is 0.243 e. The van der Waals surface area contributed by atoms with Gasteiger partial charge in [-0.25, -0.2) is 8.42 Å². The van der Waals surface area contributed by atoms with E-state index < -0.39 is 10.0 Å². The quantitative estimate of drug-likeness (QED) is 0.836. The van der Waals surface area contributed by atoms with E-state index in [-0.39, 0.29) is 0 Å². The minimum atomic E-state index is -3.37. The zero-order chi connectivity index (χ0) is 13.5. The third-order valence-corrected chi connectivity index (χ3v) is 6.13. The molecule has 0 bridgehead atoms. The molecule has 2 saturated heterocycles. The number of rotatable bonds is 2. The summed E-state index contributed by atoms with van der Waals surface area (Å²) in [5.74, 6) is 0. The van der Waals surface area contributed by atoms with E-state index >= 15 is 0 Å².